The quantitative estimate of drug-likeness (QED) is 0.631. The lowest BCUT2D eigenvalue weighted by Gasteiger charge is -2.23. The van der Waals surface area contributed by atoms with Crippen LogP contribution in [0.4, 0.5) is 13.6 Å². The maximum Gasteiger partial charge on any atom is 0.325 e. The van der Waals surface area contributed by atoms with Gasteiger partial charge in [0.25, 0.3) is 5.91 Å². The molecule has 1 aliphatic rings. The van der Waals surface area contributed by atoms with Crippen molar-refractivity contribution in [3.63, 3.8) is 0 Å². The van der Waals surface area contributed by atoms with Crippen molar-refractivity contribution in [1.82, 2.24) is 15.5 Å². The minimum Gasteiger partial charge on any atom is -0.354 e. The molecule has 0 spiro atoms. The molecule has 8 heteroatoms. The summed E-state index contributed by atoms with van der Waals surface area (Å²) in [6.45, 7) is 5.43. The Kier molecular flexibility index (Phi) is 7.10. The van der Waals surface area contributed by atoms with Crippen LogP contribution in [0.3, 0.4) is 0 Å². The van der Waals surface area contributed by atoms with Crippen molar-refractivity contribution in [1.29, 1.82) is 0 Å². The van der Waals surface area contributed by atoms with Gasteiger partial charge in [0.1, 0.15) is 23.7 Å². The van der Waals surface area contributed by atoms with Crippen molar-refractivity contribution in [2.45, 2.75) is 52.0 Å². The fourth-order valence-corrected chi connectivity index (χ4v) is 3.30. The van der Waals surface area contributed by atoms with Crippen LogP contribution in [0.2, 0.25) is 0 Å². The first-order valence-corrected chi connectivity index (χ1v) is 9.59. The number of carbonyl (C=O) groups is 3. The van der Waals surface area contributed by atoms with Crippen LogP contribution in [0, 0.1) is 17.6 Å². The lowest BCUT2D eigenvalue weighted by atomic mass is 9.91. The number of urea groups is 1. The molecule has 6 nitrogen and oxygen atoms in total. The number of imide groups is 1. The zero-order valence-electron chi connectivity index (χ0n) is 16.5. The second kappa shape index (κ2) is 9.12. The van der Waals surface area contributed by atoms with Gasteiger partial charge in [0, 0.05) is 12.1 Å². The fourth-order valence-electron chi connectivity index (χ4n) is 3.30. The summed E-state index contributed by atoms with van der Waals surface area (Å²) in [7, 11) is 0. The lowest BCUT2D eigenvalue weighted by molar-refractivity contribution is -0.134. The zero-order valence-corrected chi connectivity index (χ0v) is 16.5. The van der Waals surface area contributed by atoms with Gasteiger partial charge in [-0.1, -0.05) is 33.1 Å². The molecule has 28 heavy (non-hydrogen) atoms. The number of nitrogens with zero attached hydrogens (tertiary/aromatic N) is 1. The van der Waals surface area contributed by atoms with Gasteiger partial charge in [-0.3, -0.25) is 14.5 Å². The normalized spacial score (nSPS) is 20.2. The highest BCUT2D eigenvalue weighted by Gasteiger charge is 2.50. The summed E-state index contributed by atoms with van der Waals surface area (Å²) in [5.74, 6) is -2.48. The Labute approximate surface area is 163 Å². The monoisotopic (exact) mass is 395 g/mol. The largest absolute Gasteiger partial charge is 0.354 e. The Bertz CT molecular complexity index is 756. The molecule has 0 bridgehead atoms. The van der Waals surface area contributed by atoms with Gasteiger partial charge in [-0.05, 0) is 37.5 Å². The predicted octanol–water partition coefficient (Wildman–Crippen LogP) is 3.06. The zero-order chi connectivity index (χ0) is 20.9. The number of amides is 4. The van der Waals surface area contributed by atoms with E-state index in [1.807, 2.05) is 6.92 Å². The van der Waals surface area contributed by atoms with Crippen molar-refractivity contribution in [2.75, 3.05) is 13.1 Å². The van der Waals surface area contributed by atoms with E-state index in [4.69, 9.17) is 0 Å². The maximum atomic E-state index is 14.1. The SMILES string of the molecule is CCCC[C@@H](CC)CNC(=O)CN1C(=O)N[C@@](C)(c2cc(F)ccc2F)C1=O. The summed E-state index contributed by atoms with van der Waals surface area (Å²) in [5.41, 5.74) is -2.05. The first-order chi connectivity index (χ1) is 13.2. The van der Waals surface area contributed by atoms with Crippen LogP contribution in [0.25, 0.3) is 0 Å². The highest BCUT2D eigenvalue weighted by atomic mass is 19.1. The van der Waals surface area contributed by atoms with Gasteiger partial charge < -0.3 is 10.6 Å². The summed E-state index contributed by atoms with van der Waals surface area (Å²) < 4.78 is 27.7. The maximum absolute atomic E-state index is 14.1. The molecule has 4 amide bonds. The van der Waals surface area contributed by atoms with Crippen molar-refractivity contribution in [2.24, 2.45) is 5.92 Å². The first kappa shape index (κ1) is 21.8. The molecular weight excluding hydrogens is 368 g/mol. The number of hydrogen-bond donors (Lipinski definition) is 2. The molecule has 1 heterocycles. The van der Waals surface area contributed by atoms with Gasteiger partial charge in [-0.15, -0.1) is 0 Å². The molecule has 0 saturated carbocycles. The van der Waals surface area contributed by atoms with Crippen LogP contribution in [0.1, 0.15) is 52.0 Å². The van der Waals surface area contributed by atoms with Crippen LogP contribution in [0.5, 0.6) is 0 Å². The molecule has 1 fully saturated rings. The smallest absolute Gasteiger partial charge is 0.325 e. The van der Waals surface area contributed by atoms with E-state index in [0.29, 0.717) is 12.5 Å². The van der Waals surface area contributed by atoms with Crippen molar-refractivity contribution >= 4 is 17.8 Å². The Morgan fingerprint density at radius 2 is 2.00 bits per heavy atom. The van der Waals surface area contributed by atoms with Crippen molar-refractivity contribution < 1.29 is 23.2 Å². The number of benzene rings is 1. The summed E-state index contributed by atoms with van der Waals surface area (Å²) >= 11 is 0. The fraction of sp³-hybridized carbons (Fsp3) is 0.550. The molecule has 0 aromatic heterocycles. The molecule has 1 saturated heterocycles. The molecule has 1 aromatic carbocycles. The molecule has 2 rings (SSSR count). The molecule has 1 aliphatic heterocycles. The highest BCUT2D eigenvalue weighted by molar-refractivity contribution is 6.09. The number of unbranched alkanes of at least 4 members (excludes halogenated alkanes) is 1. The van der Waals surface area contributed by atoms with Gasteiger partial charge in [0.2, 0.25) is 5.91 Å². The van der Waals surface area contributed by atoms with Crippen LogP contribution < -0.4 is 10.6 Å². The van der Waals surface area contributed by atoms with Crippen molar-refractivity contribution in [3.8, 4) is 0 Å². The van der Waals surface area contributed by atoms with Gasteiger partial charge in [-0.2, -0.15) is 0 Å². The van der Waals surface area contributed by atoms with Gasteiger partial charge in [-0.25, -0.2) is 13.6 Å². The van der Waals surface area contributed by atoms with Gasteiger partial charge in [0.05, 0.1) is 0 Å². The minimum absolute atomic E-state index is 0.278. The lowest BCUT2D eigenvalue weighted by Crippen LogP contribution is -2.44. The van der Waals surface area contributed by atoms with E-state index < -0.39 is 41.6 Å². The molecule has 2 N–H and O–H groups in total. The topological polar surface area (TPSA) is 78.5 Å². The molecule has 2 atom stereocenters. The average molecular weight is 395 g/mol. The Hall–Kier alpha value is -2.51. The predicted molar refractivity (Wildman–Crippen MR) is 100 cm³/mol. The standard InChI is InChI=1S/C20H27F2N3O3/c1-4-6-7-13(5-2)11-23-17(26)12-25-18(27)20(3,24-19(25)28)15-10-14(21)8-9-16(15)22/h8-10,13H,4-7,11-12H2,1-3H3,(H,23,26)(H,24,28)/t13-,20+/m1/s1. The number of halogens is 2. The van der Waals surface area contributed by atoms with E-state index in [9.17, 15) is 23.2 Å². The molecule has 0 radical (unpaired) electrons. The summed E-state index contributed by atoms with van der Waals surface area (Å²) in [4.78, 5) is 37.9. The summed E-state index contributed by atoms with van der Waals surface area (Å²) in [6.07, 6.45) is 4.05. The van der Waals surface area contributed by atoms with Gasteiger partial charge in [0.15, 0.2) is 0 Å². The van der Waals surface area contributed by atoms with E-state index in [0.717, 1.165) is 48.8 Å². The van der Waals surface area contributed by atoms with E-state index in [1.54, 1.807) is 0 Å². The van der Waals surface area contributed by atoms with E-state index >= 15 is 0 Å². The van der Waals surface area contributed by atoms with Crippen LogP contribution in [-0.2, 0) is 15.1 Å². The average Bonchev–Trinajstić information content (AvgIpc) is 2.87. The Morgan fingerprint density at radius 3 is 2.64 bits per heavy atom. The van der Waals surface area contributed by atoms with E-state index in [1.165, 1.54) is 6.92 Å². The summed E-state index contributed by atoms with van der Waals surface area (Å²) in [6, 6.07) is 1.88. The van der Waals surface area contributed by atoms with Crippen LogP contribution in [-0.4, -0.2) is 35.8 Å². The molecule has 0 aliphatic carbocycles. The molecule has 0 unspecified atom stereocenters. The van der Waals surface area contributed by atoms with Crippen molar-refractivity contribution in [3.05, 3.63) is 35.4 Å². The van der Waals surface area contributed by atoms with Gasteiger partial charge >= 0.3 is 6.03 Å². The summed E-state index contributed by atoms with van der Waals surface area (Å²) in [5, 5.41) is 5.13. The molecule has 1 aromatic rings. The van der Waals surface area contributed by atoms with E-state index in [2.05, 4.69) is 17.6 Å². The Morgan fingerprint density at radius 1 is 1.29 bits per heavy atom. The number of rotatable bonds is 9. The van der Waals surface area contributed by atoms with Crippen LogP contribution >= 0.6 is 0 Å². The third-order valence-corrected chi connectivity index (χ3v) is 5.17. The highest BCUT2D eigenvalue weighted by Crippen LogP contribution is 2.31. The Balaban J connectivity index is 2.05. The second-order valence-corrected chi connectivity index (χ2v) is 7.29. The third-order valence-electron chi connectivity index (χ3n) is 5.17. The first-order valence-electron chi connectivity index (χ1n) is 9.59. The second-order valence-electron chi connectivity index (χ2n) is 7.29. The number of hydrogen-bond acceptors (Lipinski definition) is 3. The molecule has 154 valence electrons. The number of nitrogens with one attached hydrogen (secondary N) is 2. The molecular formula is C20H27F2N3O3. The third kappa shape index (κ3) is 4.66. The van der Waals surface area contributed by atoms with E-state index in [-0.39, 0.29) is 5.56 Å². The number of carbonyl (C=O) groups excluding carboxylic acids is 3. The van der Waals surface area contributed by atoms with Crippen LogP contribution in [0.15, 0.2) is 18.2 Å². The minimum atomic E-state index is -1.77.